The molecule has 17 heteroatoms. The summed E-state index contributed by atoms with van der Waals surface area (Å²) >= 11 is 0. The molecule has 17 nitrogen and oxygen atoms in total. The predicted molar refractivity (Wildman–Crippen MR) is 222 cm³/mol. The van der Waals surface area contributed by atoms with Gasteiger partial charge in [0.2, 0.25) is 23.5 Å². The highest BCUT2D eigenvalue weighted by atomic mass is 16.5. The summed E-state index contributed by atoms with van der Waals surface area (Å²) in [5.74, 6) is -8.83. The molecule has 4 rings (SSSR count). The van der Waals surface area contributed by atoms with Crippen molar-refractivity contribution in [2.45, 2.75) is 115 Å². The van der Waals surface area contributed by atoms with Gasteiger partial charge in [-0.1, -0.05) is 56.9 Å². The number of carboxylic acid groups (broad SMARTS) is 1. The Bertz CT molecular complexity index is 1960. The van der Waals surface area contributed by atoms with E-state index < -0.39 is 95.3 Å². The minimum absolute atomic E-state index is 0.0561. The Kier molecular flexibility index (Phi) is 16.9. The van der Waals surface area contributed by atoms with Crippen LogP contribution in [0.3, 0.4) is 0 Å². The van der Waals surface area contributed by atoms with Gasteiger partial charge in [-0.3, -0.25) is 33.6 Å². The first-order chi connectivity index (χ1) is 28.9. The second-order valence-electron chi connectivity index (χ2n) is 16.5. The van der Waals surface area contributed by atoms with Crippen LogP contribution in [0.15, 0.2) is 42.5 Å². The molecule has 0 spiro atoms. The number of Topliss-reactive ketones (excluding diaryl/α,β-unsaturated/α-hetero) is 2. The van der Waals surface area contributed by atoms with Crippen LogP contribution in [-0.4, -0.2) is 96.7 Å². The zero-order valence-electron chi connectivity index (χ0n) is 35.7. The maximum Gasteiger partial charge on any atom is 0.336 e. The number of ketones is 2. The van der Waals surface area contributed by atoms with Crippen molar-refractivity contribution in [2.75, 3.05) is 20.8 Å². The molecule has 2 fully saturated rings. The SMILES string of the molecule is CCCC(NC(=O)[C@@H]1C[C@@H](OC(C)(C)C)CC1C(=O)[C@@H](NC(=O)c1ccccc1C(=O)O)C1CCCCC1)C(=O)C(=O)NCC(=O)NC(C(N)=O)c1cccc(OC)c1OC. The molecule has 0 aromatic heterocycles. The smallest absolute Gasteiger partial charge is 0.336 e. The molecule has 6 atom stereocenters. The highest BCUT2D eigenvalue weighted by molar-refractivity contribution is 6.38. The van der Waals surface area contributed by atoms with Gasteiger partial charge in [-0.25, -0.2) is 4.79 Å². The number of nitrogens with one attached hydrogen (secondary N) is 4. The number of primary amides is 1. The molecule has 0 bridgehead atoms. The third kappa shape index (κ3) is 12.6. The molecule has 0 radical (unpaired) electrons. The summed E-state index contributed by atoms with van der Waals surface area (Å²) in [4.78, 5) is 107. The van der Waals surface area contributed by atoms with Gasteiger partial charge in [-0.15, -0.1) is 0 Å². The lowest BCUT2D eigenvalue weighted by Gasteiger charge is -2.33. The van der Waals surface area contributed by atoms with Crippen molar-refractivity contribution in [2.24, 2.45) is 23.5 Å². The largest absolute Gasteiger partial charge is 0.493 e. The molecular formula is C44H59N5O12. The van der Waals surface area contributed by atoms with Gasteiger partial charge >= 0.3 is 5.97 Å². The van der Waals surface area contributed by atoms with Crippen LogP contribution in [-0.2, 0) is 33.5 Å². The maximum atomic E-state index is 14.8. The third-order valence-corrected chi connectivity index (χ3v) is 11.0. The highest BCUT2D eigenvalue weighted by Gasteiger charge is 2.48. The second kappa shape index (κ2) is 21.6. The summed E-state index contributed by atoms with van der Waals surface area (Å²) in [5.41, 5.74) is 4.84. The van der Waals surface area contributed by atoms with Crippen LogP contribution in [0.1, 0.15) is 118 Å². The molecule has 0 aliphatic heterocycles. The number of carboxylic acids is 1. The molecule has 0 saturated heterocycles. The van der Waals surface area contributed by atoms with Crippen LogP contribution >= 0.6 is 0 Å². The van der Waals surface area contributed by atoms with E-state index >= 15 is 0 Å². The molecule has 2 saturated carbocycles. The topological polar surface area (TPSA) is 259 Å². The van der Waals surface area contributed by atoms with Crippen molar-refractivity contribution >= 4 is 47.1 Å². The number of methoxy groups -OCH3 is 2. The summed E-state index contributed by atoms with van der Waals surface area (Å²) in [6, 6.07) is 6.66. The molecule has 7 N–H and O–H groups in total. The van der Waals surface area contributed by atoms with Gasteiger partial charge in [-0.2, -0.15) is 0 Å². The number of ether oxygens (including phenoxy) is 3. The maximum absolute atomic E-state index is 14.8. The van der Waals surface area contributed by atoms with Crippen molar-refractivity contribution in [3.05, 3.63) is 59.2 Å². The fourth-order valence-electron chi connectivity index (χ4n) is 8.29. The van der Waals surface area contributed by atoms with Crippen LogP contribution in [0.25, 0.3) is 0 Å². The number of rotatable bonds is 20. The molecule has 61 heavy (non-hydrogen) atoms. The number of hydrogen-bond acceptors (Lipinski definition) is 11. The van der Waals surface area contributed by atoms with E-state index in [1.165, 1.54) is 44.6 Å². The lowest BCUT2D eigenvalue weighted by atomic mass is 9.77. The van der Waals surface area contributed by atoms with Crippen LogP contribution < -0.4 is 36.5 Å². The third-order valence-electron chi connectivity index (χ3n) is 11.0. The second-order valence-corrected chi connectivity index (χ2v) is 16.5. The van der Waals surface area contributed by atoms with E-state index in [0.29, 0.717) is 19.3 Å². The quantitative estimate of drug-likeness (QED) is 0.105. The van der Waals surface area contributed by atoms with Crippen molar-refractivity contribution in [1.29, 1.82) is 0 Å². The highest BCUT2D eigenvalue weighted by Crippen LogP contribution is 2.40. The van der Waals surface area contributed by atoms with Crippen molar-refractivity contribution in [1.82, 2.24) is 21.3 Å². The normalized spacial score (nSPS) is 19.3. The van der Waals surface area contributed by atoms with E-state index in [2.05, 4.69) is 21.3 Å². The number of benzene rings is 2. The minimum atomic E-state index is -1.38. The Morgan fingerprint density at radius 3 is 2.08 bits per heavy atom. The Morgan fingerprint density at radius 2 is 1.49 bits per heavy atom. The lowest BCUT2D eigenvalue weighted by molar-refractivity contribution is -0.141. The Morgan fingerprint density at radius 1 is 0.836 bits per heavy atom. The predicted octanol–water partition coefficient (Wildman–Crippen LogP) is 3.17. The van der Waals surface area contributed by atoms with Crippen molar-refractivity contribution in [3.8, 4) is 11.5 Å². The Hall–Kier alpha value is -5.84. The van der Waals surface area contributed by atoms with Crippen molar-refractivity contribution < 1.29 is 57.7 Å². The number of amides is 5. The van der Waals surface area contributed by atoms with E-state index in [1.807, 2.05) is 20.8 Å². The standard InChI is InChI=1S/C44H59N5O12/c1-7-14-31(37(52)42(56)46-23-33(50)48-35(39(45)53)28-19-13-20-32(59-5)38(28)60-6)47-41(55)30-22-25(61-44(2,3)4)21-29(30)36(51)34(24-15-9-8-10-16-24)49-40(54)26-17-11-12-18-27(26)43(57)58/h11-13,17-20,24-25,29-31,34-35H,7-10,14-16,21-23H2,1-6H3,(H2,45,53)(H,46,56)(H,47,55)(H,48,50)(H,49,54)(H,57,58)/t25-,29?,30+,31?,34-,35?/m0/s1. The summed E-state index contributed by atoms with van der Waals surface area (Å²) in [6.07, 6.45) is 4.05. The van der Waals surface area contributed by atoms with Gasteiger partial charge in [0.25, 0.3) is 11.8 Å². The van der Waals surface area contributed by atoms with Gasteiger partial charge in [0.1, 0.15) is 6.04 Å². The number of para-hydroxylation sites is 1. The number of nitrogens with two attached hydrogens (primary N) is 1. The summed E-state index contributed by atoms with van der Waals surface area (Å²) in [5, 5.41) is 20.0. The van der Waals surface area contributed by atoms with E-state index in [9.17, 15) is 43.5 Å². The van der Waals surface area contributed by atoms with Gasteiger partial charge < -0.3 is 46.3 Å². The average Bonchev–Trinajstić information content (AvgIpc) is 3.65. The van der Waals surface area contributed by atoms with E-state index in [1.54, 1.807) is 19.1 Å². The van der Waals surface area contributed by atoms with Crippen LogP contribution in [0.2, 0.25) is 0 Å². The van der Waals surface area contributed by atoms with E-state index in [-0.39, 0.29) is 53.4 Å². The lowest BCUT2D eigenvalue weighted by Crippen LogP contribution is -2.53. The molecule has 2 aromatic carbocycles. The Labute approximate surface area is 355 Å². The minimum Gasteiger partial charge on any atom is -0.493 e. The van der Waals surface area contributed by atoms with E-state index in [0.717, 1.165) is 19.3 Å². The molecule has 2 aliphatic rings. The monoisotopic (exact) mass is 849 g/mol. The van der Waals surface area contributed by atoms with Crippen LogP contribution in [0.4, 0.5) is 0 Å². The zero-order chi connectivity index (χ0) is 45.0. The number of hydrogen-bond donors (Lipinski definition) is 6. The summed E-state index contributed by atoms with van der Waals surface area (Å²) in [7, 11) is 2.74. The van der Waals surface area contributed by atoms with Crippen LogP contribution in [0, 0.1) is 17.8 Å². The molecule has 5 amide bonds. The van der Waals surface area contributed by atoms with Gasteiger partial charge in [0, 0.05) is 11.5 Å². The molecule has 2 aromatic rings. The Balaban J connectivity index is 1.52. The first-order valence-corrected chi connectivity index (χ1v) is 20.7. The summed E-state index contributed by atoms with van der Waals surface area (Å²) in [6.45, 7) is 6.58. The average molecular weight is 850 g/mol. The first-order valence-electron chi connectivity index (χ1n) is 20.7. The molecular weight excluding hydrogens is 791 g/mol. The number of aromatic carboxylic acids is 1. The van der Waals surface area contributed by atoms with Crippen LogP contribution in [0.5, 0.6) is 11.5 Å². The molecule has 2 aliphatic carbocycles. The number of carbonyl (C=O) groups is 8. The first kappa shape index (κ1) is 47.8. The molecule has 332 valence electrons. The molecule has 3 unspecified atom stereocenters. The van der Waals surface area contributed by atoms with Gasteiger partial charge in [0.15, 0.2) is 17.3 Å². The fraction of sp³-hybridized carbons (Fsp3) is 0.545. The zero-order valence-corrected chi connectivity index (χ0v) is 35.7. The van der Waals surface area contributed by atoms with Crippen molar-refractivity contribution in [3.63, 3.8) is 0 Å². The summed E-state index contributed by atoms with van der Waals surface area (Å²) < 4.78 is 16.9. The molecule has 0 heterocycles. The van der Waals surface area contributed by atoms with E-state index in [4.69, 9.17) is 19.9 Å². The fourth-order valence-corrected chi connectivity index (χ4v) is 8.29. The van der Waals surface area contributed by atoms with Gasteiger partial charge in [-0.05, 0) is 77.0 Å². The number of carbonyl (C=O) groups excluding carboxylic acids is 7. The van der Waals surface area contributed by atoms with Gasteiger partial charge in [0.05, 0.1) is 61.6 Å².